The number of aryl methyl sites for hydroxylation is 2. The van der Waals surface area contributed by atoms with Crippen molar-refractivity contribution in [2.24, 2.45) is 0 Å². The van der Waals surface area contributed by atoms with Gasteiger partial charge >= 0.3 is 5.97 Å². The molecule has 27 heavy (non-hydrogen) atoms. The Morgan fingerprint density at radius 1 is 0.963 bits per heavy atom. The summed E-state index contributed by atoms with van der Waals surface area (Å²) in [6, 6.07) is 20.2. The molecule has 0 bridgehead atoms. The van der Waals surface area contributed by atoms with Crippen molar-refractivity contribution < 1.29 is 14.3 Å². The maximum absolute atomic E-state index is 12.5. The molecule has 0 radical (unpaired) electrons. The van der Waals surface area contributed by atoms with Crippen molar-refractivity contribution in [1.29, 1.82) is 0 Å². The highest BCUT2D eigenvalue weighted by Crippen LogP contribution is 2.15. The molecule has 1 N–H and O–H groups in total. The van der Waals surface area contributed by atoms with Crippen LogP contribution in [0, 0.1) is 0 Å². The fourth-order valence-electron chi connectivity index (χ4n) is 2.78. The molecule has 0 aliphatic heterocycles. The van der Waals surface area contributed by atoms with Gasteiger partial charge in [-0.2, -0.15) is 0 Å². The molecular formula is C22H22N2O3. The first-order valence-electron chi connectivity index (χ1n) is 8.97. The number of esters is 1. The van der Waals surface area contributed by atoms with Crippen LogP contribution in [0.15, 0.2) is 72.9 Å². The lowest BCUT2D eigenvalue weighted by Gasteiger charge is -2.10. The van der Waals surface area contributed by atoms with Crippen molar-refractivity contribution in [3.05, 3.63) is 89.7 Å². The number of rotatable bonds is 7. The summed E-state index contributed by atoms with van der Waals surface area (Å²) in [7, 11) is 0. The standard InChI is InChI=1S/C22H22N2O3/c1-2-23-21(25)18-10-12-19(13-11-18)27-22(26)20-9-6-15-24(20)16-14-17-7-4-3-5-8-17/h3-13,15H,2,14,16H2,1H3,(H,23,25). The molecule has 0 fully saturated rings. The molecule has 1 heterocycles. The molecule has 0 spiro atoms. The van der Waals surface area contributed by atoms with Gasteiger partial charge in [0.15, 0.2) is 0 Å². The van der Waals surface area contributed by atoms with Crippen LogP contribution in [-0.4, -0.2) is 23.0 Å². The van der Waals surface area contributed by atoms with E-state index < -0.39 is 5.97 Å². The van der Waals surface area contributed by atoms with Crippen molar-refractivity contribution >= 4 is 11.9 Å². The Morgan fingerprint density at radius 3 is 2.41 bits per heavy atom. The van der Waals surface area contributed by atoms with E-state index in [4.69, 9.17) is 4.74 Å². The average Bonchev–Trinajstić information content (AvgIpc) is 3.17. The Kier molecular flexibility index (Phi) is 6.05. The molecule has 5 heteroatoms. The maximum atomic E-state index is 12.5. The number of carbonyl (C=O) groups is 2. The van der Waals surface area contributed by atoms with Crippen molar-refractivity contribution in [2.45, 2.75) is 19.9 Å². The molecule has 0 aliphatic carbocycles. The number of carbonyl (C=O) groups excluding carboxylic acids is 2. The number of nitrogens with zero attached hydrogens (tertiary/aromatic N) is 1. The second-order valence-electron chi connectivity index (χ2n) is 6.10. The van der Waals surface area contributed by atoms with E-state index in [0.717, 1.165) is 6.42 Å². The van der Waals surface area contributed by atoms with Crippen LogP contribution in [0.5, 0.6) is 5.75 Å². The molecule has 1 aromatic heterocycles. The van der Waals surface area contributed by atoms with Crippen LogP contribution >= 0.6 is 0 Å². The number of benzene rings is 2. The molecule has 3 aromatic rings. The van der Waals surface area contributed by atoms with Crippen LogP contribution in [0.3, 0.4) is 0 Å². The summed E-state index contributed by atoms with van der Waals surface area (Å²) < 4.78 is 7.34. The number of hydrogen-bond donors (Lipinski definition) is 1. The third kappa shape index (κ3) is 4.85. The number of amides is 1. The minimum Gasteiger partial charge on any atom is -0.422 e. The third-order valence-electron chi connectivity index (χ3n) is 4.19. The monoisotopic (exact) mass is 362 g/mol. The van der Waals surface area contributed by atoms with E-state index in [0.29, 0.717) is 30.1 Å². The molecular weight excluding hydrogens is 340 g/mol. The van der Waals surface area contributed by atoms with Gasteiger partial charge < -0.3 is 14.6 Å². The van der Waals surface area contributed by atoms with Gasteiger partial charge in [0.25, 0.3) is 5.91 Å². The third-order valence-corrected chi connectivity index (χ3v) is 4.19. The van der Waals surface area contributed by atoms with Crippen molar-refractivity contribution in [1.82, 2.24) is 9.88 Å². The Labute approximate surface area is 158 Å². The first kappa shape index (κ1) is 18.5. The fraction of sp³-hybridized carbons (Fsp3) is 0.182. The second-order valence-corrected chi connectivity index (χ2v) is 6.10. The Hall–Kier alpha value is -3.34. The van der Waals surface area contributed by atoms with E-state index in [2.05, 4.69) is 17.4 Å². The lowest BCUT2D eigenvalue weighted by Crippen LogP contribution is -2.22. The van der Waals surface area contributed by atoms with E-state index in [-0.39, 0.29) is 5.91 Å². The smallest absolute Gasteiger partial charge is 0.360 e. The minimum absolute atomic E-state index is 0.148. The number of hydrogen-bond acceptors (Lipinski definition) is 3. The molecule has 138 valence electrons. The van der Waals surface area contributed by atoms with E-state index in [9.17, 15) is 9.59 Å². The van der Waals surface area contributed by atoms with Gasteiger partial charge in [0.05, 0.1) is 0 Å². The quantitative estimate of drug-likeness (QED) is 0.515. The molecule has 0 atom stereocenters. The number of ether oxygens (including phenoxy) is 1. The van der Waals surface area contributed by atoms with E-state index in [1.54, 1.807) is 30.3 Å². The zero-order valence-corrected chi connectivity index (χ0v) is 15.2. The Morgan fingerprint density at radius 2 is 1.70 bits per heavy atom. The molecule has 0 unspecified atom stereocenters. The van der Waals surface area contributed by atoms with Crippen LogP contribution in [0.2, 0.25) is 0 Å². The lowest BCUT2D eigenvalue weighted by molar-refractivity contribution is 0.0723. The summed E-state index contributed by atoms with van der Waals surface area (Å²) in [6.07, 6.45) is 2.70. The van der Waals surface area contributed by atoms with Gasteiger partial charge in [0.1, 0.15) is 11.4 Å². The zero-order valence-electron chi connectivity index (χ0n) is 15.2. The van der Waals surface area contributed by atoms with Gasteiger partial charge in [-0.3, -0.25) is 4.79 Å². The highest BCUT2D eigenvalue weighted by atomic mass is 16.5. The van der Waals surface area contributed by atoms with Crippen LogP contribution in [-0.2, 0) is 13.0 Å². The predicted molar refractivity (Wildman–Crippen MR) is 104 cm³/mol. The fourth-order valence-corrected chi connectivity index (χ4v) is 2.78. The predicted octanol–water partition coefficient (Wildman–Crippen LogP) is 3.70. The van der Waals surface area contributed by atoms with E-state index in [1.807, 2.05) is 42.0 Å². The van der Waals surface area contributed by atoms with Gasteiger partial charge in [0, 0.05) is 24.8 Å². The topological polar surface area (TPSA) is 60.3 Å². The highest BCUT2D eigenvalue weighted by Gasteiger charge is 2.14. The van der Waals surface area contributed by atoms with Crippen molar-refractivity contribution in [3.8, 4) is 5.75 Å². The lowest BCUT2D eigenvalue weighted by atomic mass is 10.1. The highest BCUT2D eigenvalue weighted by molar-refractivity contribution is 5.94. The largest absolute Gasteiger partial charge is 0.422 e. The second kappa shape index (κ2) is 8.85. The summed E-state index contributed by atoms with van der Waals surface area (Å²) in [4.78, 5) is 24.3. The number of aromatic nitrogens is 1. The number of nitrogens with one attached hydrogen (secondary N) is 1. The molecule has 2 aromatic carbocycles. The summed E-state index contributed by atoms with van der Waals surface area (Å²) in [6.45, 7) is 3.12. The molecule has 3 rings (SSSR count). The van der Waals surface area contributed by atoms with Gasteiger partial charge in [-0.15, -0.1) is 0 Å². The molecule has 5 nitrogen and oxygen atoms in total. The van der Waals surface area contributed by atoms with E-state index in [1.165, 1.54) is 5.56 Å². The van der Waals surface area contributed by atoms with Gasteiger partial charge in [-0.25, -0.2) is 4.79 Å². The minimum atomic E-state index is -0.418. The SMILES string of the molecule is CCNC(=O)c1ccc(OC(=O)c2cccn2CCc2ccccc2)cc1. The van der Waals surface area contributed by atoms with Crippen LogP contribution < -0.4 is 10.1 Å². The first-order chi connectivity index (χ1) is 13.2. The summed E-state index contributed by atoms with van der Waals surface area (Å²) >= 11 is 0. The van der Waals surface area contributed by atoms with E-state index >= 15 is 0 Å². The normalized spacial score (nSPS) is 10.4. The molecule has 1 amide bonds. The average molecular weight is 362 g/mol. The molecule has 0 saturated carbocycles. The Bertz CT molecular complexity index is 899. The molecule has 0 aliphatic rings. The van der Waals surface area contributed by atoms with Crippen molar-refractivity contribution in [3.63, 3.8) is 0 Å². The van der Waals surface area contributed by atoms with Gasteiger partial charge in [-0.1, -0.05) is 30.3 Å². The maximum Gasteiger partial charge on any atom is 0.360 e. The summed E-state index contributed by atoms with van der Waals surface area (Å²) in [5.74, 6) is -0.159. The van der Waals surface area contributed by atoms with Gasteiger partial charge in [0.2, 0.25) is 0 Å². The zero-order chi connectivity index (χ0) is 19.1. The summed E-state index contributed by atoms with van der Waals surface area (Å²) in [5, 5.41) is 2.73. The first-order valence-corrected chi connectivity index (χ1v) is 8.97. The Balaban J connectivity index is 1.63. The van der Waals surface area contributed by atoms with Crippen LogP contribution in [0.25, 0.3) is 0 Å². The van der Waals surface area contributed by atoms with Crippen LogP contribution in [0.4, 0.5) is 0 Å². The van der Waals surface area contributed by atoms with Crippen LogP contribution in [0.1, 0.15) is 33.3 Å². The summed E-state index contributed by atoms with van der Waals surface area (Å²) in [5.41, 5.74) is 2.24. The van der Waals surface area contributed by atoms with Gasteiger partial charge in [-0.05, 0) is 55.3 Å². The van der Waals surface area contributed by atoms with Crippen molar-refractivity contribution in [2.75, 3.05) is 6.54 Å². The molecule has 0 saturated heterocycles.